The summed E-state index contributed by atoms with van der Waals surface area (Å²) >= 11 is 0. The van der Waals surface area contributed by atoms with Crippen LogP contribution in [0.4, 0.5) is 5.95 Å². The van der Waals surface area contributed by atoms with Gasteiger partial charge in [0.05, 0.1) is 6.61 Å². The Kier molecular flexibility index (Phi) is 4.05. The van der Waals surface area contributed by atoms with Crippen LogP contribution in [-0.2, 0) is 0 Å². The summed E-state index contributed by atoms with van der Waals surface area (Å²) in [6.45, 7) is 8.01. The first-order valence-corrected chi connectivity index (χ1v) is 7.71. The lowest BCUT2D eigenvalue weighted by Gasteiger charge is -2.15. The van der Waals surface area contributed by atoms with Gasteiger partial charge in [-0.3, -0.25) is 0 Å². The smallest absolute Gasteiger partial charge is 0.226 e. The summed E-state index contributed by atoms with van der Waals surface area (Å²) in [4.78, 5) is 11.5. The topological polar surface area (TPSA) is 50.3 Å². The van der Waals surface area contributed by atoms with Crippen LogP contribution in [0.15, 0.2) is 6.07 Å². The van der Waals surface area contributed by atoms with Crippen LogP contribution < -0.4 is 10.1 Å². The molecule has 2 fully saturated rings. The van der Waals surface area contributed by atoms with Crippen molar-refractivity contribution >= 4 is 5.95 Å². The molecule has 2 aliphatic rings. The first-order valence-electron chi connectivity index (χ1n) is 7.71. The highest BCUT2D eigenvalue weighted by Gasteiger charge is 2.34. The molecular weight excluding hydrogens is 252 g/mol. The van der Waals surface area contributed by atoms with Gasteiger partial charge in [0.1, 0.15) is 0 Å². The van der Waals surface area contributed by atoms with Crippen molar-refractivity contribution in [3.05, 3.63) is 11.8 Å². The van der Waals surface area contributed by atoms with Gasteiger partial charge in [-0.05, 0) is 45.6 Å². The maximum absolute atomic E-state index is 5.46. The molecule has 1 saturated heterocycles. The Hall–Kier alpha value is -1.36. The summed E-state index contributed by atoms with van der Waals surface area (Å²) in [6, 6.07) is 2.76. The standard InChI is InChI=1S/C15H24N4O/c1-3-20-14-8-11(2)17-15(18-14)16-9-12-6-7-19(10-12)13-4-5-13/h8,12-13H,3-7,9-10H2,1-2H3,(H,16,17,18). The van der Waals surface area contributed by atoms with Gasteiger partial charge < -0.3 is 15.0 Å². The number of nitrogens with one attached hydrogen (secondary N) is 1. The molecule has 1 N–H and O–H groups in total. The average molecular weight is 276 g/mol. The van der Waals surface area contributed by atoms with Gasteiger partial charge in [-0.25, -0.2) is 4.98 Å². The van der Waals surface area contributed by atoms with Crippen molar-refractivity contribution in [3.63, 3.8) is 0 Å². The monoisotopic (exact) mass is 276 g/mol. The minimum atomic E-state index is 0.634. The summed E-state index contributed by atoms with van der Waals surface area (Å²) < 4.78 is 5.46. The molecule has 0 bridgehead atoms. The number of aryl methyl sites for hydroxylation is 1. The van der Waals surface area contributed by atoms with Crippen molar-refractivity contribution in [2.24, 2.45) is 5.92 Å². The Morgan fingerprint density at radius 1 is 1.35 bits per heavy atom. The van der Waals surface area contributed by atoms with Gasteiger partial charge in [-0.2, -0.15) is 4.98 Å². The van der Waals surface area contributed by atoms with Crippen molar-refractivity contribution in [2.75, 3.05) is 31.6 Å². The van der Waals surface area contributed by atoms with E-state index in [1.54, 1.807) is 0 Å². The molecule has 0 spiro atoms. The Balaban J connectivity index is 1.52. The molecule has 3 rings (SSSR count). The molecule has 1 saturated carbocycles. The molecule has 1 aliphatic heterocycles. The van der Waals surface area contributed by atoms with Gasteiger partial charge >= 0.3 is 0 Å². The first-order chi connectivity index (χ1) is 9.74. The van der Waals surface area contributed by atoms with E-state index in [0.717, 1.165) is 24.2 Å². The highest BCUT2D eigenvalue weighted by Crippen LogP contribution is 2.31. The van der Waals surface area contributed by atoms with Gasteiger partial charge in [-0.1, -0.05) is 0 Å². The van der Waals surface area contributed by atoms with Crippen molar-refractivity contribution in [3.8, 4) is 5.88 Å². The maximum Gasteiger partial charge on any atom is 0.226 e. The van der Waals surface area contributed by atoms with E-state index in [2.05, 4.69) is 20.2 Å². The van der Waals surface area contributed by atoms with Crippen molar-refractivity contribution in [1.29, 1.82) is 0 Å². The molecule has 1 aliphatic carbocycles. The van der Waals surface area contributed by atoms with Crippen LogP contribution in [-0.4, -0.2) is 47.2 Å². The molecule has 1 atom stereocenters. The molecular formula is C15H24N4O. The van der Waals surface area contributed by atoms with Gasteiger partial charge in [0, 0.05) is 30.9 Å². The van der Waals surface area contributed by atoms with Crippen LogP contribution in [0.5, 0.6) is 5.88 Å². The van der Waals surface area contributed by atoms with Gasteiger partial charge in [0.2, 0.25) is 11.8 Å². The van der Waals surface area contributed by atoms with Crippen LogP contribution in [0.1, 0.15) is 31.9 Å². The van der Waals surface area contributed by atoms with E-state index in [9.17, 15) is 0 Å². The van der Waals surface area contributed by atoms with Gasteiger partial charge in [0.15, 0.2) is 0 Å². The Bertz CT molecular complexity index is 461. The number of ether oxygens (including phenoxy) is 1. The lowest BCUT2D eigenvalue weighted by Crippen LogP contribution is -2.25. The fraction of sp³-hybridized carbons (Fsp3) is 0.733. The zero-order chi connectivity index (χ0) is 13.9. The zero-order valence-corrected chi connectivity index (χ0v) is 12.4. The van der Waals surface area contributed by atoms with E-state index >= 15 is 0 Å². The first kappa shape index (κ1) is 13.6. The number of likely N-dealkylation sites (tertiary alicyclic amines) is 1. The van der Waals surface area contributed by atoms with E-state index < -0.39 is 0 Å². The summed E-state index contributed by atoms with van der Waals surface area (Å²) in [6.07, 6.45) is 4.09. The molecule has 0 amide bonds. The minimum Gasteiger partial charge on any atom is -0.478 e. The lowest BCUT2D eigenvalue weighted by molar-refractivity contribution is 0.316. The van der Waals surface area contributed by atoms with Gasteiger partial charge in [-0.15, -0.1) is 0 Å². The second kappa shape index (κ2) is 5.95. The quantitative estimate of drug-likeness (QED) is 0.862. The highest BCUT2D eigenvalue weighted by atomic mass is 16.5. The maximum atomic E-state index is 5.46. The van der Waals surface area contributed by atoms with Crippen LogP contribution >= 0.6 is 0 Å². The molecule has 1 unspecified atom stereocenters. The fourth-order valence-corrected chi connectivity index (χ4v) is 2.88. The fourth-order valence-electron chi connectivity index (χ4n) is 2.88. The van der Waals surface area contributed by atoms with E-state index in [-0.39, 0.29) is 0 Å². The SMILES string of the molecule is CCOc1cc(C)nc(NCC2CCN(C3CC3)C2)n1. The van der Waals surface area contributed by atoms with Crippen LogP contribution in [0.25, 0.3) is 0 Å². The normalized spacial score (nSPS) is 23.0. The van der Waals surface area contributed by atoms with Crippen LogP contribution in [0, 0.1) is 12.8 Å². The number of anilines is 1. The summed E-state index contributed by atoms with van der Waals surface area (Å²) in [5.74, 6) is 2.07. The van der Waals surface area contributed by atoms with Crippen molar-refractivity contribution in [1.82, 2.24) is 14.9 Å². The summed E-state index contributed by atoms with van der Waals surface area (Å²) in [7, 11) is 0. The minimum absolute atomic E-state index is 0.634. The zero-order valence-electron chi connectivity index (χ0n) is 12.4. The van der Waals surface area contributed by atoms with E-state index in [4.69, 9.17) is 4.74 Å². The molecule has 0 radical (unpaired) electrons. The lowest BCUT2D eigenvalue weighted by atomic mass is 10.1. The second-order valence-corrected chi connectivity index (χ2v) is 5.87. The van der Waals surface area contributed by atoms with E-state index in [1.165, 1.54) is 32.4 Å². The van der Waals surface area contributed by atoms with Gasteiger partial charge in [0.25, 0.3) is 0 Å². The summed E-state index contributed by atoms with van der Waals surface area (Å²) in [5, 5.41) is 3.38. The molecule has 20 heavy (non-hydrogen) atoms. The third kappa shape index (κ3) is 3.39. The predicted molar refractivity (Wildman–Crippen MR) is 79.1 cm³/mol. The molecule has 1 aromatic rings. The van der Waals surface area contributed by atoms with Crippen LogP contribution in [0.2, 0.25) is 0 Å². The molecule has 2 heterocycles. The van der Waals surface area contributed by atoms with Crippen LogP contribution in [0.3, 0.4) is 0 Å². The predicted octanol–water partition coefficient (Wildman–Crippen LogP) is 2.08. The molecule has 5 heteroatoms. The van der Waals surface area contributed by atoms with E-state index in [0.29, 0.717) is 18.4 Å². The second-order valence-electron chi connectivity index (χ2n) is 5.87. The number of nitrogens with zero attached hydrogens (tertiary/aromatic N) is 3. The van der Waals surface area contributed by atoms with E-state index in [1.807, 2.05) is 19.9 Å². The Morgan fingerprint density at radius 3 is 2.95 bits per heavy atom. The third-order valence-electron chi connectivity index (χ3n) is 4.05. The number of aromatic nitrogens is 2. The van der Waals surface area contributed by atoms with Crippen molar-refractivity contribution < 1.29 is 4.74 Å². The van der Waals surface area contributed by atoms with Crippen molar-refractivity contribution in [2.45, 2.75) is 39.2 Å². The molecule has 1 aromatic heterocycles. The Morgan fingerprint density at radius 2 is 2.20 bits per heavy atom. The average Bonchev–Trinajstić information content (AvgIpc) is 3.16. The molecule has 110 valence electrons. The highest BCUT2D eigenvalue weighted by molar-refractivity contribution is 5.30. The molecule has 5 nitrogen and oxygen atoms in total. The Labute approximate surface area is 120 Å². The number of rotatable bonds is 6. The third-order valence-corrected chi connectivity index (χ3v) is 4.05. The number of hydrogen-bond acceptors (Lipinski definition) is 5. The largest absolute Gasteiger partial charge is 0.478 e. The molecule has 0 aromatic carbocycles. The summed E-state index contributed by atoms with van der Waals surface area (Å²) in [5.41, 5.74) is 0.942. The number of hydrogen-bond donors (Lipinski definition) is 1.